The van der Waals surface area contributed by atoms with Gasteiger partial charge in [-0.3, -0.25) is 5.92 Å². The molecule has 2 nitrogen and oxygen atoms in total. The summed E-state index contributed by atoms with van der Waals surface area (Å²) in [5.74, 6) is 2.22. The summed E-state index contributed by atoms with van der Waals surface area (Å²) in [5, 5.41) is 2.49. The summed E-state index contributed by atoms with van der Waals surface area (Å²) < 4.78 is 0. The molecule has 0 bridgehead atoms. The zero-order valence-corrected chi connectivity index (χ0v) is 11.8. The maximum atomic E-state index is 10.4. The Kier molecular flexibility index (Phi) is 17.4. The number of rotatable bonds is 1. The van der Waals surface area contributed by atoms with Crippen molar-refractivity contribution in [2.45, 2.75) is 34.6 Å². The number of amides is 1. The van der Waals surface area contributed by atoms with Crippen LogP contribution in [0.15, 0.2) is 0 Å². The molecule has 0 fully saturated rings. The summed E-state index contributed by atoms with van der Waals surface area (Å²) in [6.45, 7) is 9.80. The number of hydrogen-bond acceptors (Lipinski definition) is 1. The Balaban J connectivity index is -0.000000142. The summed E-state index contributed by atoms with van der Waals surface area (Å²) in [5.41, 5.74) is 0. The van der Waals surface area contributed by atoms with Crippen molar-refractivity contribution < 1.29 is 37.5 Å². The van der Waals surface area contributed by atoms with E-state index in [0.29, 0.717) is 0 Å². The van der Waals surface area contributed by atoms with E-state index >= 15 is 0 Å². The molecule has 0 aliphatic heterocycles. The molecule has 0 unspecified atom stereocenters. The third-order valence-electron chi connectivity index (χ3n) is 0.681. The second-order valence-corrected chi connectivity index (χ2v) is 3.08. The van der Waals surface area contributed by atoms with E-state index in [9.17, 15) is 4.79 Å². The van der Waals surface area contributed by atoms with Gasteiger partial charge in [-0.2, -0.15) is 34.6 Å². The molecule has 1 amide bonds. The smallest absolute Gasteiger partial charge is 0.0844 e. The molecule has 0 spiro atoms. The third-order valence-corrected chi connectivity index (χ3v) is 0.681. The predicted molar refractivity (Wildman–Crippen MR) is 48.9 cm³/mol. The van der Waals surface area contributed by atoms with Crippen LogP contribution in [0.25, 0.3) is 0 Å². The number of hydrogen-bond donors (Lipinski definition) is 1. The fourth-order valence-corrected chi connectivity index (χ4v) is 0.250. The van der Waals surface area contributed by atoms with Crippen molar-refractivity contribution in [1.29, 1.82) is 0 Å². The van der Waals surface area contributed by atoms with Crippen LogP contribution in [0.4, 0.5) is 0 Å². The second kappa shape index (κ2) is 11.4. The van der Waals surface area contributed by atoms with E-state index in [0.717, 1.165) is 5.92 Å². The molecule has 0 rings (SSSR count). The summed E-state index contributed by atoms with van der Waals surface area (Å²) in [6, 6.07) is 0. The van der Waals surface area contributed by atoms with Crippen molar-refractivity contribution >= 4 is 5.91 Å². The van der Waals surface area contributed by atoms with Gasteiger partial charge in [-0.15, -0.1) is 0 Å². The molecular weight excluding hydrogens is 227 g/mol. The van der Waals surface area contributed by atoms with Gasteiger partial charge in [-0.25, -0.2) is 0 Å². The average Bonchev–Trinajstić information content (AvgIpc) is 1.85. The van der Waals surface area contributed by atoms with Crippen LogP contribution in [0.3, 0.4) is 0 Å². The molecule has 0 aliphatic carbocycles. The van der Waals surface area contributed by atoms with Crippen molar-refractivity contribution in [2.24, 2.45) is 0 Å². The molecule has 1 radical (unpaired) electrons. The summed E-state index contributed by atoms with van der Waals surface area (Å²) >= 11 is 0. The van der Waals surface area contributed by atoms with Gasteiger partial charge in [0, 0.05) is 39.8 Å². The minimum atomic E-state index is 0. The van der Waals surface area contributed by atoms with Gasteiger partial charge in [0.25, 0.3) is 0 Å². The molecule has 0 saturated carbocycles. The van der Waals surface area contributed by atoms with Crippen LogP contribution in [0.2, 0.25) is 0 Å². The molecule has 0 aromatic heterocycles. The van der Waals surface area contributed by atoms with Crippen molar-refractivity contribution in [2.75, 3.05) is 7.05 Å². The van der Waals surface area contributed by atoms with Gasteiger partial charge in [0.1, 0.15) is 0 Å². The van der Waals surface area contributed by atoms with Gasteiger partial charge in [0.05, 0.1) is 5.91 Å². The molecule has 1 N–H and O–H groups in total. The maximum Gasteiger partial charge on any atom is 0.0844 e. The minimum absolute atomic E-state index is 0. The van der Waals surface area contributed by atoms with Gasteiger partial charge >= 0.3 is 0 Å². The van der Waals surface area contributed by atoms with Crippen molar-refractivity contribution in [3.8, 4) is 0 Å². The maximum absolute atomic E-state index is 10.4. The van der Waals surface area contributed by atoms with E-state index in [1.807, 2.05) is 0 Å². The third kappa shape index (κ3) is 22.4. The molecule has 0 atom stereocenters. The Morgan fingerprint density at radius 3 is 1.33 bits per heavy atom. The topological polar surface area (TPSA) is 29.1 Å². The number of carbonyl (C=O) groups is 1. The van der Waals surface area contributed by atoms with Gasteiger partial charge in [0.15, 0.2) is 0 Å². The van der Waals surface area contributed by atoms with Crippen LogP contribution in [-0.4, -0.2) is 13.0 Å². The van der Waals surface area contributed by atoms with Crippen LogP contribution >= 0.6 is 0 Å². The normalized spacial score (nSPS) is 7.58. The largest absolute Gasteiger partial charge is 0.384 e. The van der Waals surface area contributed by atoms with E-state index in [4.69, 9.17) is 0 Å². The van der Waals surface area contributed by atoms with Gasteiger partial charge < -0.3 is 16.0 Å². The first-order valence-corrected chi connectivity index (χ1v) is 3.70. The van der Waals surface area contributed by atoms with Crippen molar-refractivity contribution in [3.63, 3.8) is 0 Å². The van der Waals surface area contributed by atoms with Crippen LogP contribution in [0, 0.1) is 11.8 Å². The Hall–Kier alpha value is 0.444. The number of nitrogens with one attached hydrogen (secondary N) is 1. The van der Waals surface area contributed by atoms with Crippen molar-refractivity contribution in [1.82, 2.24) is 5.32 Å². The Morgan fingerprint density at radius 1 is 1.08 bits per heavy atom. The Bertz CT molecular complexity index is 99.9. The summed E-state index contributed by atoms with van der Waals surface area (Å²) in [7, 11) is 1.62. The van der Waals surface area contributed by atoms with Crippen LogP contribution in [0.5, 0.6) is 0 Å². The molecule has 0 aromatic rings. The average molecular weight is 246 g/mol. The molecule has 0 aromatic carbocycles. The SMILES string of the molecule is CNC(=O)[C-](C)C.C[C-](C)C.[Y]. The molecular formula is C9H19NOY-2. The molecule has 0 heterocycles. The van der Waals surface area contributed by atoms with E-state index in [1.165, 1.54) is 5.92 Å². The van der Waals surface area contributed by atoms with E-state index < -0.39 is 0 Å². The van der Waals surface area contributed by atoms with Crippen LogP contribution in [-0.2, 0) is 37.5 Å². The summed E-state index contributed by atoms with van der Waals surface area (Å²) in [4.78, 5) is 10.4. The van der Waals surface area contributed by atoms with Crippen molar-refractivity contribution in [3.05, 3.63) is 11.8 Å². The number of carbonyl (C=O) groups excluding carboxylic acids is 1. The molecule has 12 heavy (non-hydrogen) atoms. The van der Waals surface area contributed by atoms with E-state index in [-0.39, 0.29) is 38.6 Å². The monoisotopic (exact) mass is 246 g/mol. The van der Waals surface area contributed by atoms with Gasteiger partial charge in [0.2, 0.25) is 0 Å². The summed E-state index contributed by atoms with van der Waals surface area (Å²) in [6.07, 6.45) is 0. The van der Waals surface area contributed by atoms with Crippen LogP contribution in [0.1, 0.15) is 34.6 Å². The predicted octanol–water partition coefficient (Wildman–Crippen LogP) is 1.96. The molecule has 0 aliphatic rings. The molecule has 0 saturated heterocycles. The van der Waals surface area contributed by atoms with Crippen LogP contribution < -0.4 is 5.32 Å². The standard InChI is InChI=1S/C5H10NO.C4H9.Y/c1-4(2)5(7)6-3;1-4(2)3;/h1-3H3,(H,6,7);1-3H3;/q2*-1;. The minimum Gasteiger partial charge on any atom is -0.384 e. The fourth-order valence-electron chi connectivity index (χ4n) is 0.250. The molecule has 71 valence electrons. The first-order valence-electron chi connectivity index (χ1n) is 3.70. The van der Waals surface area contributed by atoms with Gasteiger partial charge in [-0.05, 0) is 0 Å². The quantitative estimate of drug-likeness (QED) is 0.704. The zero-order chi connectivity index (χ0) is 9.44. The fraction of sp³-hybridized carbons (Fsp3) is 0.667. The second-order valence-electron chi connectivity index (χ2n) is 3.08. The Morgan fingerprint density at radius 2 is 1.33 bits per heavy atom. The van der Waals surface area contributed by atoms with E-state index in [2.05, 4.69) is 26.1 Å². The first-order chi connectivity index (χ1) is 4.91. The zero-order valence-electron chi connectivity index (χ0n) is 8.99. The van der Waals surface area contributed by atoms with E-state index in [1.54, 1.807) is 20.9 Å². The Labute approximate surface area is 102 Å². The van der Waals surface area contributed by atoms with Gasteiger partial charge in [-0.1, -0.05) is 0 Å². The molecule has 3 heteroatoms. The first kappa shape index (κ1) is 18.3.